The van der Waals surface area contributed by atoms with Crippen molar-refractivity contribution >= 4 is 66.3 Å². The fourth-order valence-electron chi connectivity index (χ4n) is 12.5. The van der Waals surface area contributed by atoms with Crippen LogP contribution in [-0.2, 0) is 11.8 Å². The van der Waals surface area contributed by atoms with Crippen molar-refractivity contribution in [2.75, 3.05) is 4.90 Å². The molecule has 0 saturated carbocycles. The van der Waals surface area contributed by atoms with Gasteiger partial charge in [0.1, 0.15) is 0 Å². The first-order valence-electron chi connectivity index (χ1n) is 26.8. The van der Waals surface area contributed by atoms with Gasteiger partial charge in [0, 0.05) is 61.3 Å². The molecule has 8 aromatic carbocycles. The van der Waals surface area contributed by atoms with Crippen LogP contribution in [0.1, 0.15) is 92.2 Å². The fraction of sp³-hybridized carbons (Fsp3) is 0.155. The Bertz CT molecular complexity index is 3980. The van der Waals surface area contributed by atoms with Gasteiger partial charge in [-0.1, -0.05) is 196 Å². The summed E-state index contributed by atoms with van der Waals surface area (Å²) < 4.78 is 4.94. The number of anilines is 2. The van der Waals surface area contributed by atoms with E-state index in [0.717, 1.165) is 55.6 Å². The summed E-state index contributed by atoms with van der Waals surface area (Å²) in [5.74, 6) is 0.0470. The molecule has 3 aliphatic carbocycles. The predicted octanol–water partition coefficient (Wildman–Crippen LogP) is 18.9. The molecule has 1 unspecified atom stereocenters. The molecular formula is C71H61N3. The van der Waals surface area contributed by atoms with Crippen LogP contribution in [0.25, 0.3) is 60.6 Å². The average Bonchev–Trinajstić information content (AvgIpc) is 4.05. The first-order chi connectivity index (χ1) is 36.4. The van der Waals surface area contributed by atoms with Crippen molar-refractivity contribution in [3.8, 4) is 5.69 Å². The zero-order chi connectivity index (χ0) is 49.8. The molecule has 0 bridgehead atoms. The zero-order valence-corrected chi connectivity index (χ0v) is 42.7. The molecular weight excluding hydrogens is 895 g/mol. The third kappa shape index (κ3) is 7.90. The molecule has 0 fully saturated rings. The Hall–Kier alpha value is -8.40. The lowest BCUT2D eigenvalue weighted by atomic mass is 9.80. The van der Waals surface area contributed by atoms with Crippen molar-refractivity contribution in [3.05, 3.63) is 281 Å². The molecule has 2 heterocycles. The highest BCUT2D eigenvalue weighted by molar-refractivity contribution is 6.11. The first kappa shape index (κ1) is 45.5. The summed E-state index contributed by atoms with van der Waals surface area (Å²) in [6, 6.07) is 70.6. The number of aromatic nitrogens is 2. The van der Waals surface area contributed by atoms with E-state index in [2.05, 4.69) is 271 Å². The highest BCUT2D eigenvalue weighted by Crippen LogP contribution is 2.46. The fourth-order valence-corrected chi connectivity index (χ4v) is 12.5. The number of fused-ring (bicyclic) bond motifs is 7. The standard InChI is InChI=1S/C71H61N3/c1-4-5-9-20-55-46-54-45-52(38-44-65(54)71(55,2)3)70(53-37-42-63-61-27-16-18-29-66(61)73(68(63)47-53)57-23-12-7-13-24-57)51-33-31-49(32-34-51)50-35-39-59(40-36-50)72(56-21-10-6-11-22-56)60-41-43-64-62-28-17-19-30-67(62)74(69(64)48-60)58-25-14-8-15-26-58/h5-12,14-23,25-35,37-39,41-45,47-48,70H,4,13,24,36,40,46H2,1-3H3/b9-5-,55-20+. The third-order valence-corrected chi connectivity index (χ3v) is 16.3. The number of benzene rings is 8. The van der Waals surface area contributed by atoms with Crippen LogP contribution in [0.15, 0.2) is 248 Å². The van der Waals surface area contributed by atoms with Crippen LogP contribution >= 0.6 is 0 Å². The van der Waals surface area contributed by atoms with E-state index in [1.165, 1.54) is 99.5 Å². The molecule has 2 aromatic heterocycles. The summed E-state index contributed by atoms with van der Waals surface area (Å²) >= 11 is 0. The Morgan fingerprint density at radius 2 is 1.20 bits per heavy atom. The quantitative estimate of drug-likeness (QED) is 0.118. The molecule has 3 heteroatoms. The number of rotatable bonds is 11. The maximum Gasteiger partial charge on any atom is 0.0561 e. The predicted molar refractivity (Wildman–Crippen MR) is 315 cm³/mol. The molecule has 0 N–H and O–H groups in total. The van der Waals surface area contributed by atoms with Gasteiger partial charge in [-0.3, -0.25) is 0 Å². The van der Waals surface area contributed by atoms with E-state index in [-0.39, 0.29) is 11.3 Å². The van der Waals surface area contributed by atoms with Gasteiger partial charge in [0.2, 0.25) is 0 Å². The van der Waals surface area contributed by atoms with Crippen molar-refractivity contribution in [2.45, 2.75) is 70.6 Å². The average molecular weight is 956 g/mol. The maximum atomic E-state index is 2.53. The molecule has 360 valence electrons. The molecule has 0 amide bonds. The van der Waals surface area contributed by atoms with Crippen LogP contribution in [0.4, 0.5) is 11.4 Å². The minimum Gasteiger partial charge on any atom is -0.314 e. The monoisotopic (exact) mass is 955 g/mol. The Morgan fingerprint density at radius 3 is 1.92 bits per heavy atom. The molecule has 10 aromatic rings. The molecule has 0 aliphatic heterocycles. The Kier molecular flexibility index (Phi) is 11.6. The number of para-hydroxylation sites is 4. The van der Waals surface area contributed by atoms with Gasteiger partial charge in [-0.05, 0) is 144 Å². The molecule has 1 atom stereocenters. The lowest BCUT2D eigenvalue weighted by Crippen LogP contribution is -2.18. The van der Waals surface area contributed by atoms with Crippen LogP contribution in [0, 0.1) is 0 Å². The highest BCUT2D eigenvalue weighted by atomic mass is 15.2. The van der Waals surface area contributed by atoms with Crippen LogP contribution in [0.3, 0.4) is 0 Å². The van der Waals surface area contributed by atoms with Crippen molar-refractivity contribution in [3.63, 3.8) is 0 Å². The number of hydrogen-bond donors (Lipinski definition) is 0. The van der Waals surface area contributed by atoms with Gasteiger partial charge in [0.25, 0.3) is 0 Å². The topological polar surface area (TPSA) is 13.1 Å². The van der Waals surface area contributed by atoms with Crippen LogP contribution in [0.2, 0.25) is 0 Å². The lowest BCUT2D eigenvalue weighted by Gasteiger charge is -2.30. The van der Waals surface area contributed by atoms with E-state index >= 15 is 0 Å². The van der Waals surface area contributed by atoms with Gasteiger partial charge in [0.15, 0.2) is 0 Å². The minimum absolute atomic E-state index is 0.0114. The van der Waals surface area contributed by atoms with Gasteiger partial charge < -0.3 is 14.0 Å². The second kappa shape index (κ2) is 18.9. The maximum absolute atomic E-state index is 2.53. The largest absolute Gasteiger partial charge is 0.314 e. The van der Waals surface area contributed by atoms with E-state index in [9.17, 15) is 0 Å². The molecule has 3 nitrogen and oxygen atoms in total. The van der Waals surface area contributed by atoms with E-state index in [4.69, 9.17) is 0 Å². The normalized spacial score (nSPS) is 16.3. The molecule has 0 spiro atoms. The van der Waals surface area contributed by atoms with E-state index in [0.29, 0.717) is 0 Å². The molecule has 13 rings (SSSR count). The van der Waals surface area contributed by atoms with Crippen molar-refractivity contribution in [1.82, 2.24) is 9.13 Å². The molecule has 3 aliphatic rings. The summed E-state index contributed by atoms with van der Waals surface area (Å²) in [4.78, 5) is 2.46. The summed E-state index contributed by atoms with van der Waals surface area (Å²) in [5.41, 5.74) is 22.0. The van der Waals surface area contributed by atoms with Crippen LogP contribution in [-0.4, -0.2) is 9.13 Å². The van der Waals surface area contributed by atoms with Crippen molar-refractivity contribution < 1.29 is 0 Å². The van der Waals surface area contributed by atoms with Gasteiger partial charge >= 0.3 is 0 Å². The summed E-state index contributed by atoms with van der Waals surface area (Å²) in [7, 11) is 0. The summed E-state index contributed by atoms with van der Waals surface area (Å²) in [6.07, 6.45) is 24.4. The van der Waals surface area contributed by atoms with Gasteiger partial charge in [-0.25, -0.2) is 0 Å². The SMILES string of the molecule is CC/C=C\C=C1/Cc2cc(C(c3ccc(C4=CC=C(N(c5ccccc5)c5ccc6c7ccccc7n(-c7ccccc7)c6c5)CC4)cc3)c3ccc4c5ccccc5n(C5=CC=CCC5)c4c3)ccc2C1(C)C. The van der Waals surface area contributed by atoms with E-state index in [1.807, 2.05) is 0 Å². The second-order valence-electron chi connectivity index (χ2n) is 21.0. The second-order valence-corrected chi connectivity index (χ2v) is 21.0. The van der Waals surface area contributed by atoms with Crippen LogP contribution in [0.5, 0.6) is 0 Å². The summed E-state index contributed by atoms with van der Waals surface area (Å²) in [6.45, 7) is 6.99. The Morgan fingerprint density at radius 1 is 0.554 bits per heavy atom. The Labute approximate surface area is 435 Å². The highest BCUT2D eigenvalue weighted by Gasteiger charge is 2.35. The molecule has 74 heavy (non-hydrogen) atoms. The number of allylic oxidation sites excluding steroid dienone is 12. The van der Waals surface area contributed by atoms with Gasteiger partial charge in [0.05, 0.1) is 22.1 Å². The van der Waals surface area contributed by atoms with Gasteiger partial charge in [-0.15, -0.1) is 0 Å². The third-order valence-electron chi connectivity index (χ3n) is 16.3. The smallest absolute Gasteiger partial charge is 0.0561 e. The van der Waals surface area contributed by atoms with Crippen LogP contribution < -0.4 is 4.90 Å². The first-order valence-corrected chi connectivity index (χ1v) is 26.8. The lowest BCUT2D eigenvalue weighted by molar-refractivity contribution is 0.644. The number of nitrogens with zero attached hydrogens (tertiary/aromatic N) is 3. The summed E-state index contributed by atoms with van der Waals surface area (Å²) in [5, 5.41) is 5.13. The van der Waals surface area contributed by atoms with Crippen molar-refractivity contribution in [2.24, 2.45) is 0 Å². The van der Waals surface area contributed by atoms with Crippen molar-refractivity contribution in [1.29, 1.82) is 0 Å². The number of hydrogen-bond acceptors (Lipinski definition) is 1. The van der Waals surface area contributed by atoms with Gasteiger partial charge in [-0.2, -0.15) is 0 Å². The minimum atomic E-state index is -0.0114. The van der Waals surface area contributed by atoms with E-state index < -0.39 is 0 Å². The van der Waals surface area contributed by atoms with E-state index in [1.54, 1.807) is 0 Å². The molecule has 0 radical (unpaired) electrons. The Balaban J connectivity index is 0.886. The zero-order valence-electron chi connectivity index (χ0n) is 42.7. The molecule has 0 saturated heterocycles.